The maximum atomic E-state index is 11.6. The summed E-state index contributed by atoms with van der Waals surface area (Å²) in [5.41, 5.74) is 2.06. The number of rotatable bonds is 4. The molecule has 0 radical (unpaired) electrons. The van der Waals surface area contributed by atoms with Crippen molar-refractivity contribution in [1.82, 2.24) is 20.3 Å². The number of phenolic OH excluding ortho intramolecular Hbond substituents is 1. The molecule has 2 amide bonds. The molecule has 0 bridgehead atoms. The smallest absolute Gasteiger partial charge is 0.341 e. The van der Waals surface area contributed by atoms with Crippen LogP contribution < -0.4 is 10.6 Å². The minimum absolute atomic E-state index is 0.0650. The van der Waals surface area contributed by atoms with Gasteiger partial charge < -0.3 is 15.2 Å². The van der Waals surface area contributed by atoms with Gasteiger partial charge in [-0.05, 0) is 31.2 Å². The van der Waals surface area contributed by atoms with Crippen molar-refractivity contribution in [3.8, 4) is 17.0 Å². The number of aromatic hydroxyl groups is 1. The summed E-state index contributed by atoms with van der Waals surface area (Å²) < 4.78 is 4.61. The van der Waals surface area contributed by atoms with Gasteiger partial charge >= 0.3 is 12.0 Å². The molecular weight excluding hydrogens is 350 g/mol. The number of esters is 1. The number of amides is 2. The highest BCUT2D eigenvalue weighted by Gasteiger charge is 2.13. The van der Waals surface area contributed by atoms with Crippen molar-refractivity contribution in [3.63, 3.8) is 0 Å². The summed E-state index contributed by atoms with van der Waals surface area (Å²) in [6.07, 6.45) is 1.44. The van der Waals surface area contributed by atoms with Crippen LogP contribution in [0.25, 0.3) is 22.4 Å². The van der Waals surface area contributed by atoms with Gasteiger partial charge in [0.05, 0.1) is 19.0 Å². The molecule has 0 unspecified atom stereocenters. The third-order valence-corrected chi connectivity index (χ3v) is 3.68. The van der Waals surface area contributed by atoms with Crippen LogP contribution in [0.5, 0.6) is 5.75 Å². The van der Waals surface area contributed by atoms with Gasteiger partial charge in [0, 0.05) is 12.1 Å². The van der Waals surface area contributed by atoms with Gasteiger partial charge in [-0.15, -0.1) is 0 Å². The number of hydrogen-bond donors (Lipinski definition) is 3. The van der Waals surface area contributed by atoms with Crippen LogP contribution in [0.2, 0.25) is 0 Å². The molecule has 0 atom stereocenters. The van der Waals surface area contributed by atoms with Crippen molar-refractivity contribution in [2.24, 2.45) is 0 Å². The normalized spacial score (nSPS) is 10.4. The number of methoxy groups -OCH3 is 1. The number of hydrogen-bond acceptors (Lipinski definition) is 7. The Morgan fingerprint density at radius 3 is 2.70 bits per heavy atom. The third-order valence-electron chi connectivity index (χ3n) is 3.68. The van der Waals surface area contributed by atoms with Gasteiger partial charge in [-0.3, -0.25) is 5.32 Å². The maximum Gasteiger partial charge on any atom is 0.341 e. The van der Waals surface area contributed by atoms with E-state index in [1.165, 1.54) is 25.4 Å². The number of nitrogens with one attached hydrogen (secondary N) is 2. The minimum Gasteiger partial charge on any atom is -0.507 e. The summed E-state index contributed by atoms with van der Waals surface area (Å²) in [6, 6.07) is 7.59. The maximum absolute atomic E-state index is 11.6. The Morgan fingerprint density at radius 1 is 1.19 bits per heavy atom. The second-order valence-corrected chi connectivity index (χ2v) is 5.50. The number of nitrogens with zero attached hydrogens (tertiary/aromatic N) is 3. The summed E-state index contributed by atoms with van der Waals surface area (Å²) in [4.78, 5) is 36.1. The van der Waals surface area contributed by atoms with Crippen LogP contribution in [0, 0.1) is 0 Å². The number of carbonyl (C=O) groups excluding carboxylic acids is 2. The molecule has 3 N–H and O–H groups in total. The van der Waals surface area contributed by atoms with E-state index in [0.717, 1.165) is 0 Å². The lowest BCUT2D eigenvalue weighted by Crippen LogP contribution is -2.28. The fourth-order valence-corrected chi connectivity index (χ4v) is 2.41. The van der Waals surface area contributed by atoms with Gasteiger partial charge in [0.1, 0.15) is 16.8 Å². The molecule has 1 aromatic carbocycles. The Balaban J connectivity index is 1.94. The highest BCUT2D eigenvalue weighted by molar-refractivity contribution is 5.93. The Morgan fingerprint density at radius 2 is 2.00 bits per heavy atom. The first kappa shape index (κ1) is 18.1. The van der Waals surface area contributed by atoms with Crippen molar-refractivity contribution in [2.75, 3.05) is 19.0 Å². The SMILES string of the molecule is CCNC(=O)Nc1cnc2ccc(-c3ccc(C(=O)OC)c(O)c3)nc2n1. The first-order valence-corrected chi connectivity index (χ1v) is 8.12. The van der Waals surface area contributed by atoms with Gasteiger partial charge in [-0.1, -0.05) is 6.07 Å². The molecule has 9 heteroatoms. The average molecular weight is 367 g/mol. The zero-order valence-electron chi connectivity index (χ0n) is 14.7. The van der Waals surface area contributed by atoms with Crippen molar-refractivity contribution in [2.45, 2.75) is 6.92 Å². The highest BCUT2D eigenvalue weighted by atomic mass is 16.5. The summed E-state index contributed by atoms with van der Waals surface area (Å²) in [7, 11) is 1.24. The number of carbonyl (C=O) groups is 2. The van der Waals surface area contributed by atoms with E-state index in [9.17, 15) is 14.7 Å². The lowest BCUT2D eigenvalue weighted by molar-refractivity contribution is 0.0597. The van der Waals surface area contributed by atoms with Gasteiger partial charge in [-0.2, -0.15) is 0 Å². The number of anilines is 1. The monoisotopic (exact) mass is 367 g/mol. The predicted octanol–water partition coefficient (Wildman–Crippen LogP) is 2.33. The molecule has 3 rings (SSSR count). The molecular formula is C18H17N5O4. The van der Waals surface area contributed by atoms with Gasteiger partial charge in [-0.25, -0.2) is 24.5 Å². The van der Waals surface area contributed by atoms with Crippen LogP contribution in [0.1, 0.15) is 17.3 Å². The predicted molar refractivity (Wildman–Crippen MR) is 98.5 cm³/mol. The van der Waals surface area contributed by atoms with E-state index in [-0.39, 0.29) is 23.2 Å². The van der Waals surface area contributed by atoms with E-state index in [1.807, 2.05) is 0 Å². The zero-order chi connectivity index (χ0) is 19.4. The standard InChI is InChI=1S/C18H17N5O4/c1-3-19-18(26)23-15-9-20-13-7-6-12(21-16(13)22-15)10-4-5-11(14(24)8-10)17(25)27-2/h4-9,24H,3H2,1-2H3,(H2,19,21,22,23,26). The third kappa shape index (κ3) is 3.92. The summed E-state index contributed by atoms with van der Waals surface area (Å²) in [5, 5.41) is 15.2. The van der Waals surface area contributed by atoms with Crippen LogP contribution in [-0.2, 0) is 4.74 Å². The van der Waals surface area contributed by atoms with E-state index in [2.05, 4.69) is 30.3 Å². The lowest BCUT2D eigenvalue weighted by Gasteiger charge is -2.08. The minimum atomic E-state index is -0.627. The van der Waals surface area contributed by atoms with Crippen LogP contribution in [0.15, 0.2) is 36.5 Å². The number of aromatic nitrogens is 3. The Kier molecular flexibility index (Phi) is 5.11. The fraction of sp³-hybridized carbons (Fsp3) is 0.167. The van der Waals surface area contributed by atoms with Gasteiger partial charge in [0.25, 0.3) is 0 Å². The molecule has 138 valence electrons. The Bertz CT molecular complexity index is 1020. The van der Waals surface area contributed by atoms with Crippen LogP contribution in [0.3, 0.4) is 0 Å². The number of phenols is 1. The van der Waals surface area contributed by atoms with E-state index in [0.29, 0.717) is 29.0 Å². The average Bonchev–Trinajstić information content (AvgIpc) is 2.67. The molecule has 0 aliphatic heterocycles. The topological polar surface area (TPSA) is 126 Å². The molecule has 0 aliphatic rings. The summed E-state index contributed by atoms with van der Waals surface area (Å²) >= 11 is 0. The number of urea groups is 1. The van der Waals surface area contributed by atoms with Crippen molar-refractivity contribution in [3.05, 3.63) is 42.1 Å². The number of ether oxygens (including phenoxy) is 1. The second-order valence-electron chi connectivity index (χ2n) is 5.50. The molecule has 0 saturated heterocycles. The molecule has 0 aliphatic carbocycles. The molecule has 9 nitrogen and oxygen atoms in total. The van der Waals surface area contributed by atoms with E-state index < -0.39 is 5.97 Å². The Labute approximate surface area is 154 Å². The molecule has 0 spiro atoms. The molecule has 2 heterocycles. The van der Waals surface area contributed by atoms with Crippen molar-refractivity contribution in [1.29, 1.82) is 0 Å². The fourth-order valence-electron chi connectivity index (χ4n) is 2.41. The van der Waals surface area contributed by atoms with E-state index >= 15 is 0 Å². The molecule has 0 fully saturated rings. The largest absolute Gasteiger partial charge is 0.507 e. The molecule has 0 saturated carbocycles. The van der Waals surface area contributed by atoms with E-state index in [4.69, 9.17) is 0 Å². The van der Waals surface area contributed by atoms with Gasteiger partial charge in [0.15, 0.2) is 11.5 Å². The summed E-state index contributed by atoms with van der Waals surface area (Å²) in [5.74, 6) is -0.571. The van der Waals surface area contributed by atoms with E-state index in [1.54, 1.807) is 25.1 Å². The second kappa shape index (κ2) is 7.65. The summed E-state index contributed by atoms with van der Waals surface area (Å²) in [6.45, 7) is 2.29. The molecule has 3 aromatic rings. The first-order valence-electron chi connectivity index (χ1n) is 8.12. The molecule has 27 heavy (non-hydrogen) atoms. The molecule has 2 aromatic heterocycles. The first-order chi connectivity index (χ1) is 13.0. The number of fused-ring (bicyclic) bond motifs is 1. The highest BCUT2D eigenvalue weighted by Crippen LogP contribution is 2.27. The number of pyridine rings is 1. The van der Waals surface area contributed by atoms with Crippen molar-refractivity contribution >= 4 is 29.0 Å². The van der Waals surface area contributed by atoms with Crippen LogP contribution >= 0.6 is 0 Å². The van der Waals surface area contributed by atoms with Gasteiger partial charge in [0.2, 0.25) is 0 Å². The van der Waals surface area contributed by atoms with Crippen LogP contribution in [-0.4, -0.2) is 45.7 Å². The Hall–Kier alpha value is -3.75. The zero-order valence-corrected chi connectivity index (χ0v) is 14.7. The van der Waals surface area contributed by atoms with Crippen molar-refractivity contribution < 1.29 is 19.4 Å². The quantitative estimate of drug-likeness (QED) is 0.604. The lowest BCUT2D eigenvalue weighted by atomic mass is 10.1. The number of benzene rings is 1. The van der Waals surface area contributed by atoms with Crippen LogP contribution in [0.4, 0.5) is 10.6 Å².